The third kappa shape index (κ3) is 3.28. The normalized spacial score (nSPS) is 9.65. The van der Waals surface area contributed by atoms with E-state index in [0.717, 1.165) is 0 Å². The molecule has 4 nitrogen and oxygen atoms in total. The summed E-state index contributed by atoms with van der Waals surface area (Å²) in [5.41, 5.74) is 0.969. The standard InChI is InChI=1S/C15H11ClN2O2/c1-10(19)18-11-5-7-12(8-6-11)20-15-4-2-3-14(16)13(15)9-17/h2-8H,1H3,(H,18,19). The van der Waals surface area contributed by atoms with E-state index < -0.39 is 0 Å². The van der Waals surface area contributed by atoms with Crippen LogP contribution < -0.4 is 10.1 Å². The quantitative estimate of drug-likeness (QED) is 0.929. The van der Waals surface area contributed by atoms with Gasteiger partial charge in [0, 0.05) is 12.6 Å². The largest absolute Gasteiger partial charge is 0.456 e. The molecule has 2 aromatic carbocycles. The molecular formula is C15H11ClN2O2. The Morgan fingerprint density at radius 2 is 1.95 bits per heavy atom. The average Bonchev–Trinajstić information content (AvgIpc) is 2.41. The Balaban J connectivity index is 2.21. The summed E-state index contributed by atoms with van der Waals surface area (Å²) < 4.78 is 5.62. The molecule has 2 rings (SSSR count). The van der Waals surface area contributed by atoms with Gasteiger partial charge in [0.05, 0.1) is 5.02 Å². The van der Waals surface area contributed by atoms with Crippen LogP contribution in [0.5, 0.6) is 11.5 Å². The lowest BCUT2D eigenvalue weighted by atomic mass is 10.2. The maximum absolute atomic E-state index is 10.9. The molecule has 100 valence electrons. The molecule has 0 aliphatic heterocycles. The summed E-state index contributed by atoms with van der Waals surface area (Å²) in [5.74, 6) is 0.811. The van der Waals surface area contributed by atoms with Crippen molar-refractivity contribution in [2.24, 2.45) is 0 Å². The fourth-order valence-corrected chi connectivity index (χ4v) is 1.84. The second-order valence-corrected chi connectivity index (χ2v) is 4.44. The lowest BCUT2D eigenvalue weighted by Crippen LogP contribution is -2.05. The van der Waals surface area contributed by atoms with E-state index in [4.69, 9.17) is 21.6 Å². The topological polar surface area (TPSA) is 62.1 Å². The zero-order valence-electron chi connectivity index (χ0n) is 10.7. The van der Waals surface area contributed by atoms with E-state index in [-0.39, 0.29) is 5.91 Å². The third-order valence-corrected chi connectivity index (χ3v) is 2.80. The molecule has 0 aliphatic carbocycles. The van der Waals surface area contributed by atoms with Crippen molar-refractivity contribution in [3.8, 4) is 17.6 Å². The SMILES string of the molecule is CC(=O)Nc1ccc(Oc2cccc(Cl)c2C#N)cc1. The summed E-state index contributed by atoms with van der Waals surface area (Å²) >= 11 is 5.93. The molecule has 20 heavy (non-hydrogen) atoms. The molecule has 0 unspecified atom stereocenters. The maximum atomic E-state index is 10.9. The number of nitriles is 1. The maximum Gasteiger partial charge on any atom is 0.221 e. The van der Waals surface area contributed by atoms with Gasteiger partial charge < -0.3 is 10.1 Å². The number of ether oxygens (including phenoxy) is 1. The molecule has 0 saturated carbocycles. The van der Waals surface area contributed by atoms with Crippen molar-refractivity contribution >= 4 is 23.2 Å². The smallest absolute Gasteiger partial charge is 0.221 e. The molecule has 0 atom stereocenters. The van der Waals surface area contributed by atoms with Crippen LogP contribution in [0.15, 0.2) is 42.5 Å². The molecule has 1 N–H and O–H groups in total. The number of nitrogens with one attached hydrogen (secondary N) is 1. The van der Waals surface area contributed by atoms with Gasteiger partial charge >= 0.3 is 0 Å². The van der Waals surface area contributed by atoms with Gasteiger partial charge in [0.15, 0.2) is 0 Å². The van der Waals surface area contributed by atoms with Crippen LogP contribution in [0, 0.1) is 11.3 Å². The number of hydrogen-bond donors (Lipinski definition) is 1. The first-order valence-electron chi connectivity index (χ1n) is 5.84. The van der Waals surface area contributed by atoms with Crippen molar-refractivity contribution in [3.05, 3.63) is 53.1 Å². The van der Waals surface area contributed by atoms with Crippen LogP contribution in [-0.4, -0.2) is 5.91 Å². The number of nitrogens with zero attached hydrogens (tertiary/aromatic N) is 1. The first kappa shape index (κ1) is 13.9. The summed E-state index contributed by atoms with van der Waals surface area (Å²) in [6, 6.07) is 13.9. The van der Waals surface area contributed by atoms with Crippen molar-refractivity contribution in [1.82, 2.24) is 0 Å². The van der Waals surface area contributed by atoms with Crippen molar-refractivity contribution in [2.75, 3.05) is 5.32 Å². The number of carbonyl (C=O) groups is 1. The molecule has 0 aromatic heterocycles. The van der Waals surface area contributed by atoms with Crippen LogP contribution in [0.4, 0.5) is 5.69 Å². The first-order valence-corrected chi connectivity index (χ1v) is 6.22. The van der Waals surface area contributed by atoms with Crippen molar-refractivity contribution < 1.29 is 9.53 Å². The van der Waals surface area contributed by atoms with Gasteiger partial charge in [0.2, 0.25) is 5.91 Å². The van der Waals surface area contributed by atoms with E-state index in [9.17, 15) is 4.79 Å². The Bertz CT molecular complexity index is 675. The molecule has 0 spiro atoms. The van der Waals surface area contributed by atoms with Gasteiger partial charge in [-0.2, -0.15) is 5.26 Å². The van der Waals surface area contributed by atoms with Gasteiger partial charge in [0.25, 0.3) is 0 Å². The second-order valence-electron chi connectivity index (χ2n) is 4.03. The van der Waals surface area contributed by atoms with E-state index in [1.165, 1.54) is 6.92 Å². The lowest BCUT2D eigenvalue weighted by molar-refractivity contribution is -0.114. The van der Waals surface area contributed by atoms with Gasteiger partial charge in [-0.25, -0.2) is 0 Å². The minimum atomic E-state index is -0.139. The Kier molecular flexibility index (Phi) is 4.24. The fraction of sp³-hybridized carbons (Fsp3) is 0.0667. The zero-order chi connectivity index (χ0) is 14.5. The molecule has 0 aliphatic rings. The van der Waals surface area contributed by atoms with Crippen LogP contribution >= 0.6 is 11.6 Å². The van der Waals surface area contributed by atoms with Crippen molar-refractivity contribution in [2.45, 2.75) is 6.92 Å². The third-order valence-electron chi connectivity index (χ3n) is 2.49. The minimum Gasteiger partial charge on any atom is -0.456 e. The lowest BCUT2D eigenvalue weighted by Gasteiger charge is -2.09. The first-order chi connectivity index (χ1) is 9.60. The number of rotatable bonds is 3. The number of carbonyl (C=O) groups excluding carboxylic acids is 1. The average molecular weight is 287 g/mol. The minimum absolute atomic E-state index is 0.139. The molecule has 0 heterocycles. The van der Waals surface area contributed by atoms with Gasteiger partial charge in [-0.1, -0.05) is 17.7 Å². The van der Waals surface area contributed by atoms with Crippen LogP contribution in [0.3, 0.4) is 0 Å². The monoisotopic (exact) mass is 286 g/mol. The number of benzene rings is 2. The fourth-order valence-electron chi connectivity index (χ4n) is 1.63. The van der Waals surface area contributed by atoms with E-state index in [0.29, 0.717) is 27.8 Å². The van der Waals surface area contributed by atoms with Crippen LogP contribution in [0.25, 0.3) is 0 Å². The Morgan fingerprint density at radius 3 is 2.55 bits per heavy atom. The number of anilines is 1. The Morgan fingerprint density at radius 1 is 1.25 bits per heavy atom. The van der Waals surface area contributed by atoms with Gasteiger partial charge in [-0.3, -0.25) is 4.79 Å². The number of amides is 1. The predicted molar refractivity (Wildman–Crippen MR) is 77.0 cm³/mol. The summed E-state index contributed by atoms with van der Waals surface area (Å²) in [6.45, 7) is 1.44. The van der Waals surface area contributed by atoms with Crippen LogP contribution in [0.1, 0.15) is 12.5 Å². The summed E-state index contributed by atoms with van der Waals surface area (Å²) in [6.07, 6.45) is 0. The van der Waals surface area contributed by atoms with Gasteiger partial charge in [-0.05, 0) is 36.4 Å². The van der Waals surface area contributed by atoms with E-state index in [2.05, 4.69) is 5.32 Å². The Labute approximate surface area is 121 Å². The van der Waals surface area contributed by atoms with Crippen LogP contribution in [0.2, 0.25) is 5.02 Å². The molecular weight excluding hydrogens is 276 g/mol. The number of halogens is 1. The summed E-state index contributed by atoms with van der Waals surface area (Å²) in [5, 5.41) is 12.1. The van der Waals surface area contributed by atoms with E-state index >= 15 is 0 Å². The molecule has 0 radical (unpaired) electrons. The zero-order valence-corrected chi connectivity index (χ0v) is 11.4. The van der Waals surface area contributed by atoms with E-state index in [1.54, 1.807) is 42.5 Å². The molecule has 0 bridgehead atoms. The highest BCUT2D eigenvalue weighted by Gasteiger charge is 2.08. The molecule has 5 heteroatoms. The van der Waals surface area contributed by atoms with Gasteiger partial charge in [0.1, 0.15) is 23.1 Å². The van der Waals surface area contributed by atoms with Crippen LogP contribution in [-0.2, 0) is 4.79 Å². The highest BCUT2D eigenvalue weighted by Crippen LogP contribution is 2.30. The molecule has 1 amide bonds. The predicted octanol–water partition coefficient (Wildman–Crippen LogP) is 3.96. The highest BCUT2D eigenvalue weighted by atomic mass is 35.5. The van der Waals surface area contributed by atoms with Crippen molar-refractivity contribution in [1.29, 1.82) is 5.26 Å². The molecule has 2 aromatic rings. The second kappa shape index (κ2) is 6.09. The molecule has 0 fully saturated rings. The Hall–Kier alpha value is -2.51. The van der Waals surface area contributed by atoms with E-state index in [1.807, 2.05) is 6.07 Å². The highest BCUT2D eigenvalue weighted by molar-refractivity contribution is 6.31. The molecule has 0 saturated heterocycles. The number of hydrogen-bond acceptors (Lipinski definition) is 3. The summed E-state index contributed by atoms with van der Waals surface area (Å²) in [7, 11) is 0. The van der Waals surface area contributed by atoms with Gasteiger partial charge in [-0.15, -0.1) is 0 Å². The van der Waals surface area contributed by atoms with Crippen molar-refractivity contribution in [3.63, 3.8) is 0 Å². The summed E-state index contributed by atoms with van der Waals surface area (Å²) in [4.78, 5) is 10.9.